The lowest BCUT2D eigenvalue weighted by atomic mass is 10.3. The number of hydrogen-bond donors (Lipinski definition) is 0. The SMILES string of the molecule is CCCCOC(COC(=O)CC(C)=O)(OCCCC)OCCCC. The van der Waals surface area contributed by atoms with E-state index in [1.165, 1.54) is 6.92 Å². The number of carbonyl (C=O) groups is 2. The number of rotatable bonds is 16. The highest BCUT2D eigenvalue weighted by atomic mass is 16.9. The molecule has 6 nitrogen and oxygen atoms in total. The van der Waals surface area contributed by atoms with Crippen molar-refractivity contribution in [2.75, 3.05) is 26.4 Å². The highest BCUT2D eigenvalue weighted by Gasteiger charge is 2.35. The second-order valence-corrected chi connectivity index (χ2v) is 5.83. The van der Waals surface area contributed by atoms with E-state index in [-0.39, 0.29) is 18.8 Å². The second kappa shape index (κ2) is 14.4. The molecule has 0 heterocycles. The molecular formula is C18H34O6. The number of carbonyl (C=O) groups excluding carboxylic acids is 2. The maximum absolute atomic E-state index is 11.7. The zero-order chi connectivity index (χ0) is 18.3. The molecule has 0 aliphatic rings. The van der Waals surface area contributed by atoms with Crippen LogP contribution >= 0.6 is 0 Å². The summed E-state index contributed by atoms with van der Waals surface area (Å²) in [7, 11) is 0. The summed E-state index contributed by atoms with van der Waals surface area (Å²) in [6.07, 6.45) is 5.25. The fourth-order valence-electron chi connectivity index (χ4n) is 1.79. The number of ketones is 1. The van der Waals surface area contributed by atoms with Gasteiger partial charge >= 0.3 is 11.9 Å². The summed E-state index contributed by atoms with van der Waals surface area (Å²) in [5.74, 6) is -2.22. The van der Waals surface area contributed by atoms with Gasteiger partial charge in [0.2, 0.25) is 0 Å². The highest BCUT2D eigenvalue weighted by Crippen LogP contribution is 2.19. The molecule has 0 aliphatic carbocycles. The first-order chi connectivity index (χ1) is 11.5. The fraction of sp³-hybridized carbons (Fsp3) is 0.889. The third-order valence-electron chi connectivity index (χ3n) is 3.26. The largest absolute Gasteiger partial charge is 0.457 e. The summed E-state index contributed by atoms with van der Waals surface area (Å²) in [6.45, 7) is 8.74. The summed E-state index contributed by atoms with van der Waals surface area (Å²) in [5.41, 5.74) is 0. The summed E-state index contributed by atoms with van der Waals surface area (Å²) in [6, 6.07) is 0. The first kappa shape index (κ1) is 23.0. The van der Waals surface area contributed by atoms with E-state index in [9.17, 15) is 9.59 Å². The second-order valence-electron chi connectivity index (χ2n) is 5.83. The Bertz CT molecular complexity index is 316. The zero-order valence-electron chi connectivity index (χ0n) is 15.7. The van der Waals surface area contributed by atoms with E-state index in [0.29, 0.717) is 19.8 Å². The topological polar surface area (TPSA) is 71.1 Å². The molecule has 0 bridgehead atoms. The van der Waals surface area contributed by atoms with E-state index in [2.05, 4.69) is 20.8 Å². The third-order valence-corrected chi connectivity index (χ3v) is 3.26. The predicted molar refractivity (Wildman–Crippen MR) is 91.6 cm³/mol. The lowest BCUT2D eigenvalue weighted by Crippen LogP contribution is -2.45. The van der Waals surface area contributed by atoms with Gasteiger partial charge in [0.15, 0.2) is 6.61 Å². The Kier molecular flexibility index (Phi) is 13.8. The zero-order valence-corrected chi connectivity index (χ0v) is 15.7. The van der Waals surface area contributed by atoms with Gasteiger partial charge in [0.1, 0.15) is 12.2 Å². The Hall–Kier alpha value is -0.980. The predicted octanol–water partition coefficient (Wildman–Crippen LogP) is 3.61. The van der Waals surface area contributed by atoms with Gasteiger partial charge in [-0.25, -0.2) is 0 Å². The Morgan fingerprint density at radius 2 is 1.21 bits per heavy atom. The molecule has 0 aliphatic heterocycles. The maximum atomic E-state index is 11.7. The molecule has 142 valence electrons. The van der Waals surface area contributed by atoms with E-state index in [0.717, 1.165) is 38.5 Å². The van der Waals surface area contributed by atoms with Crippen molar-refractivity contribution in [3.05, 3.63) is 0 Å². The number of unbranched alkanes of at least 4 members (excludes halogenated alkanes) is 3. The first-order valence-electron chi connectivity index (χ1n) is 9.06. The number of hydrogen-bond acceptors (Lipinski definition) is 6. The Balaban J connectivity index is 4.82. The summed E-state index contributed by atoms with van der Waals surface area (Å²) >= 11 is 0. The van der Waals surface area contributed by atoms with Crippen molar-refractivity contribution in [3.63, 3.8) is 0 Å². The average molecular weight is 346 g/mol. The normalized spacial score (nSPS) is 11.5. The van der Waals surface area contributed by atoms with Crippen LogP contribution in [0.3, 0.4) is 0 Å². The number of Topliss-reactive ketones (excluding diaryl/α,β-unsaturated/α-hetero) is 1. The lowest BCUT2D eigenvalue weighted by Gasteiger charge is -2.32. The van der Waals surface area contributed by atoms with Gasteiger partial charge in [-0.2, -0.15) is 0 Å². The van der Waals surface area contributed by atoms with Gasteiger partial charge in [-0.1, -0.05) is 40.0 Å². The third kappa shape index (κ3) is 11.5. The molecule has 0 radical (unpaired) electrons. The van der Waals surface area contributed by atoms with Crippen LogP contribution in [0.2, 0.25) is 0 Å². The van der Waals surface area contributed by atoms with Crippen LogP contribution < -0.4 is 0 Å². The fourth-order valence-corrected chi connectivity index (χ4v) is 1.79. The summed E-state index contributed by atoms with van der Waals surface area (Å²) in [5, 5.41) is 0. The van der Waals surface area contributed by atoms with Crippen molar-refractivity contribution < 1.29 is 28.5 Å². The molecule has 0 unspecified atom stereocenters. The van der Waals surface area contributed by atoms with Crippen molar-refractivity contribution in [1.29, 1.82) is 0 Å². The first-order valence-corrected chi connectivity index (χ1v) is 9.06. The van der Waals surface area contributed by atoms with Crippen LogP contribution in [0, 0.1) is 0 Å². The monoisotopic (exact) mass is 346 g/mol. The molecule has 0 saturated heterocycles. The summed E-state index contributed by atoms with van der Waals surface area (Å²) < 4.78 is 22.6. The molecule has 0 spiro atoms. The number of esters is 1. The lowest BCUT2D eigenvalue weighted by molar-refractivity contribution is -0.392. The van der Waals surface area contributed by atoms with Crippen LogP contribution in [-0.2, 0) is 28.5 Å². The molecule has 0 rings (SSSR count). The standard InChI is InChI=1S/C18H34O6/c1-5-8-11-22-18(23-12-9-6-2,24-13-10-7-3)15-21-17(20)14-16(4)19/h5-15H2,1-4H3. The van der Waals surface area contributed by atoms with Crippen LogP contribution in [0.15, 0.2) is 0 Å². The van der Waals surface area contributed by atoms with E-state index in [4.69, 9.17) is 18.9 Å². The molecule has 6 heteroatoms. The smallest absolute Gasteiger partial charge is 0.319 e. The molecule has 0 aromatic rings. The Morgan fingerprint density at radius 1 is 0.792 bits per heavy atom. The molecule has 24 heavy (non-hydrogen) atoms. The maximum Gasteiger partial charge on any atom is 0.319 e. The van der Waals surface area contributed by atoms with Crippen molar-refractivity contribution in [1.82, 2.24) is 0 Å². The highest BCUT2D eigenvalue weighted by molar-refractivity contribution is 5.94. The van der Waals surface area contributed by atoms with Crippen molar-refractivity contribution >= 4 is 11.8 Å². The Labute approximate surface area is 146 Å². The quantitative estimate of drug-likeness (QED) is 0.184. The van der Waals surface area contributed by atoms with E-state index >= 15 is 0 Å². The molecule has 0 fully saturated rings. The van der Waals surface area contributed by atoms with Gasteiger partial charge in [0, 0.05) is 0 Å². The van der Waals surface area contributed by atoms with Crippen LogP contribution in [0.25, 0.3) is 0 Å². The van der Waals surface area contributed by atoms with E-state index in [1.807, 2.05) is 0 Å². The minimum atomic E-state index is -1.38. The van der Waals surface area contributed by atoms with E-state index in [1.54, 1.807) is 0 Å². The Morgan fingerprint density at radius 3 is 1.54 bits per heavy atom. The van der Waals surface area contributed by atoms with Crippen molar-refractivity contribution in [2.24, 2.45) is 0 Å². The van der Waals surface area contributed by atoms with Gasteiger partial charge in [-0.3, -0.25) is 9.59 Å². The van der Waals surface area contributed by atoms with Crippen molar-refractivity contribution in [3.8, 4) is 0 Å². The minimum Gasteiger partial charge on any atom is -0.457 e. The van der Waals surface area contributed by atoms with Gasteiger partial charge in [-0.05, 0) is 26.2 Å². The molecule has 0 N–H and O–H groups in total. The van der Waals surface area contributed by atoms with E-state index < -0.39 is 11.9 Å². The molecule has 0 aromatic heterocycles. The van der Waals surface area contributed by atoms with Gasteiger partial charge < -0.3 is 18.9 Å². The van der Waals surface area contributed by atoms with Crippen LogP contribution in [0.4, 0.5) is 0 Å². The molecule has 0 atom stereocenters. The van der Waals surface area contributed by atoms with Crippen molar-refractivity contribution in [2.45, 2.75) is 78.6 Å². The molecular weight excluding hydrogens is 312 g/mol. The van der Waals surface area contributed by atoms with Gasteiger partial charge in [0.25, 0.3) is 0 Å². The average Bonchev–Trinajstić information content (AvgIpc) is 2.53. The molecule has 0 amide bonds. The van der Waals surface area contributed by atoms with Crippen LogP contribution in [0.1, 0.15) is 72.6 Å². The molecule has 0 saturated carbocycles. The van der Waals surface area contributed by atoms with Gasteiger partial charge in [0.05, 0.1) is 19.8 Å². The minimum absolute atomic E-state index is 0.170. The van der Waals surface area contributed by atoms with Crippen LogP contribution in [0.5, 0.6) is 0 Å². The van der Waals surface area contributed by atoms with Crippen LogP contribution in [-0.4, -0.2) is 44.2 Å². The van der Waals surface area contributed by atoms with Gasteiger partial charge in [-0.15, -0.1) is 0 Å². The number of ether oxygens (including phenoxy) is 4. The molecule has 0 aromatic carbocycles. The summed E-state index contributed by atoms with van der Waals surface area (Å²) in [4.78, 5) is 22.7.